The van der Waals surface area contributed by atoms with E-state index in [1.165, 1.54) is 6.92 Å². The van der Waals surface area contributed by atoms with Crippen LogP contribution in [0.25, 0.3) is 0 Å². The summed E-state index contributed by atoms with van der Waals surface area (Å²) in [5.74, 6) is 0.511. The van der Waals surface area contributed by atoms with E-state index in [1.54, 1.807) is 0 Å². The molecule has 1 rings (SSSR count). The topological polar surface area (TPSA) is 75.4 Å². The van der Waals surface area contributed by atoms with Gasteiger partial charge in [0.2, 0.25) is 11.8 Å². The number of carbonyl (C=O) groups excluding carboxylic acids is 2. The first-order valence-electron chi connectivity index (χ1n) is 7.71. The number of thiocarbonyl (C=S) groups is 1. The lowest BCUT2D eigenvalue weighted by atomic mass is 9.80. The second-order valence-corrected chi connectivity index (χ2v) is 6.27. The third-order valence-corrected chi connectivity index (χ3v) is 5.02. The predicted octanol–water partition coefficient (Wildman–Crippen LogP) is 1.45. The monoisotopic (exact) mass is 313 g/mol. The van der Waals surface area contributed by atoms with Crippen LogP contribution in [0.15, 0.2) is 0 Å². The molecule has 1 heterocycles. The minimum absolute atomic E-state index is 0.00188. The van der Waals surface area contributed by atoms with Crippen LogP contribution < -0.4 is 11.1 Å². The molecule has 0 aromatic carbocycles. The van der Waals surface area contributed by atoms with Crippen molar-refractivity contribution in [3.63, 3.8) is 0 Å². The van der Waals surface area contributed by atoms with Crippen molar-refractivity contribution >= 4 is 29.0 Å². The Morgan fingerprint density at radius 2 is 1.81 bits per heavy atom. The zero-order valence-corrected chi connectivity index (χ0v) is 14.1. The molecular weight excluding hydrogens is 286 g/mol. The zero-order valence-electron chi connectivity index (χ0n) is 13.3. The van der Waals surface area contributed by atoms with Gasteiger partial charge in [0.05, 0.1) is 10.4 Å². The molecule has 0 spiro atoms. The van der Waals surface area contributed by atoms with E-state index < -0.39 is 5.41 Å². The van der Waals surface area contributed by atoms with E-state index in [0.717, 1.165) is 12.8 Å². The van der Waals surface area contributed by atoms with E-state index in [4.69, 9.17) is 18.0 Å². The summed E-state index contributed by atoms with van der Waals surface area (Å²) in [6, 6.07) is 0. The first-order chi connectivity index (χ1) is 9.87. The average Bonchev–Trinajstić information content (AvgIpc) is 2.47. The highest BCUT2D eigenvalue weighted by Gasteiger charge is 2.41. The van der Waals surface area contributed by atoms with Crippen LogP contribution in [0.2, 0.25) is 0 Å². The molecule has 0 unspecified atom stereocenters. The summed E-state index contributed by atoms with van der Waals surface area (Å²) >= 11 is 5.15. The van der Waals surface area contributed by atoms with Gasteiger partial charge in [-0.05, 0) is 31.6 Å². The molecule has 0 atom stereocenters. The summed E-state index contributed by atoms with van der Waals surface area (Å²) in [5.41, 5.74) is 5.15. The summed E-state index contributed by atoms with van der Waals surface area (Å²) in [5, 5.41) is 2.85. The normalized spacial score (nSPS) is 16.6. The fourth-order valence-corrected chi connectivity index (χ4v) is 3.31. The third kappa shape index (κ3) is 4.15. The first kappa shape index (κ1) is 17.9. The number of carbonyl (C=O) groups is 2. The minimum Gasteiger partial charge on any atom is -0.392 e. The molecular formula is C15H27N3O2S. The maximum atomic E-state index is 12.8. The van der Waals surface area contributed by atoms with Crippen LogP contribution in [0.5, 0.6) is 0 Å². The summed E-state index contributed by atoms with van der Waals surface area (Å²) in [7, 11) is 0. The third-order valence-electron chi connectivity index (χ3n) is 4.63. The van der Waals surface area contributed by atoms with E-state index in [-0.39, 0.29) is 11.8 Å². The Kier molecular flexibility index (Phi) is 6.58. The molecule has 3 N–H and O–H groups in total. The van der Waals surface area contributed by atoms with Crippen molar-refractivity contribution in [3.8, 4) is 0 Å². The van der Waals surface area contributed by atoms with E-state index in [0.29, 0.717) is 43.4 Å². The number of nitrogens with zero attached hydrogens (tertiary/aromatic N) is 1. The molecule has 5 nitrogen and oxygen atoms in total. The van der Waals surface area contributed by atoms with Gasteiger partial charge in [-0.3, -0.25) is 9.59 Å². The lowest BCUT2D eigenvalue weighted by Crippen LogP contribution is -2.52. The quantitative estimate of drug-likeness (QED) is 0.728. The van der Waals surface area contributed by atoms with Gasteiger partial charge in [0, 0.05) is 26.6 Å². The molecule has 0 radical (unpaired) electrons. The summed E-state index contributed by atoms with van der Waals surface area (Å²) < 4.78 is 0. The van der Waals surface area contributed by atoms with Gasteiger partial charge in [-0.15, -0.1) is 0 Å². The number of piperidine rings is 1. The molecule has 6 heteroatoms. The van der Waals surface area contributed by atoms with Crippen molar-refractivity contribution in [1.82, 2.24) is 10.2 Å². The smallest absolute Gasteiger partial charge is 0.235 e. The molecule has 1 aliphatic heterocycles. The van der Waals surface area contributed by atoms with Gasteiger partial charge in [0.15, 0.2) is 0 Å². The van der Waals surface area contributed by atoms with Crippen LogP contribution in [0, 0.1) is 11.3 Å². The first-order valence-corrected chi connectivity index (χ1v) is 8.11. The molecule has 21 heavy (non-hydrogen) atoms. The molecule has 1 fully saturated rings. The minimum atomic E-state index is -0.695. The lowest BCUT2D eigenvalue weighted by Gasteiger charge is -2.39. The van der Waals surface area contributed by atoms with Crippen LogP contribution in [0.4, 0.5) is 0 Å². The van der Waals surface area contributed by atoms with Crippen LogP contribution in [0.1, 0.15) is 46.5 Å². The van der Waals surface area contributed by atoms with Crippen molar-refractivity contribution in [3.05, 3.63) is 0 Å². The van der Waals surface area contributed by atoms with Gasteiger partial charge in [0.25, 0.3) is 0 Å². The van der Waals surface area contributed by atoms with Gasteiger partial charge in [-0.25, -0.2) is 0 Å². The Balaban J connectivity index is 2.62. The largest absolute Gasteiger partial charge is 0.392 e. The standard InChI is InChI=1S/C15H27N3O2S/c1-4-15(5-2,13(16)21)14(20)18-8-6-12(7-9-18)10-17-11(3)19/h12H,4-10H2,1-3H3,(H2,16,21)(H,17,19). The van der Waals surface area contributed by atoms with Crippen LogP contribution in [-0.2, 0) is 9.59 Å². The van der Waals surface area contributed by atoms with Crippen molar-refractivity contribution in [2.45, 2.75) is 46.5 Å². The number of rotatable bonds is 6. The zero-order chi connectivity index (χ0) is 16.0. The van der Waals surface area contributed by atoms with Crippen molar-refractivity contribution in [1.29, 1.82) is 0 Å². The molecule has 2 amide bonds. The van der Waals surface area contributed by atoms with E-state index in [2.05, 4.69) is 5.32 Å². The van der Waals surface area contributed by atoms with Crippen LogP contribution in [-0.4, -0.2) is 41.3 Å². The average molecular weight is 313 g/mol. The Labute approximate surface area is 132 Å². The van der Waals surface area contributed by atoms with Crippen molar-refractivity contribution in [2.75, 3.05) is 19.6 Å². The summed E-state index contributed by atoms with van der Waals surface area (Å²) in [4.78, 5) is 25.9. The van der Waals surface area contributed by atoms with E-state index in [1.807, 2.05) is 18.7 Å². The maximum Gasteiger partial charge on any atom is 0.235 e. The molecule has 1 aliphatic rings. The maximum absolute atomic E-state index is 12.8. The fourth-order valence-electron chi connectivity index (χ4n) is 2.94. The number of hydrogen-bond donors (Lipinski definition) is 2. The van der Waals surface area contributed by atoms with Gasteiger partial charge in [-0.2, -0.15) is 0 Å². The van der Waals surface area contributed by atoms with Crippen molar-refractivity contribution < 1.29 is 9.59 Å². The molecule has 0 aliphatic carbocycles. The second kappa shape index (κ2) is 7.73. The SMILES string of the molecule is CCC(CC)(C(=O)N1CCC(CNC(C)=O)CC1)C(N)=S. The number of amides is 2. The Bertz CT molecular complexity index is 400. The predicted molar refractivity (Wildman–Crippen MR) is 87.8 cm³/mol. The van der Waals surface area contributed by atoms with Gasteiger partial charge < -0.3 is 16.0 Å². The van der Waals surface area contributed by atoms with E-state index >= 15 is 0 Å². The molecule has 1 saturated heterocycles. The molecule has 0 aromatic heterocycles. The second-order valence-electron chi connectivity index (χ2n) is 5.83. The van der Waals surface area contributed by atoms with Gasteiger partial charge in [-0.1, -0.05) is 26.1 Å². The number of nitrogens with one attached hydrogen (secondary N) is 1. The summed E-state index contributed by atoms with van der Waals surface area (Å²) in [6.07, 6.45) is 3.10. The Morgan fingerprint density at radius 1 is 1.29 bits per heavy atom. The highest BCUT2D eigenvalue weighted by atomic mass is 32.1. The number of likely N-dealkylation sites (tertiary alicyclic amines) is 1. The Hall–Kier alpha value is -1.17. The molecule has 0 aromatic rings. The molecule has 0 saturated carbocycles. The van der Waals surface area contributed by atoms with Gasteiger partial charge >= 0.3 is 0 Å². The lowest BCUT2D eigenvalue weighted by molar-refractivity contribution is -0.140. The number of hydrogen-bond acceptors (Lipinski definition) is 3. The summed E-state index contributed by atoms with van der Waals surface area (Å²) in [6.45, 7) is 7.58. The highest BCUT2D eigenvalue weighted by Crippen LogP contribution is 2.31. The molecule has 120 valence electrons. The Morgan fingerprint density at radius 3 is 2.19 bits per heavy atom. The fraction of sp³-hybridized carbons (Fsp3) is 0.800. The van der Waals surface area contributed by atoms with Crippen LogP contribution in [0.3, 0.4) is 0 Å². The highest BCUT2D eigenvalue weighted by molar-refractivity contribution is 7.80. The molecule has 0 bridgehead atoms. The van der Waals surface area contributed by atoms with Crippen LogP contribution >= 0.6 is 12.2 Å². The van der Waals surface area contributed by atoms with Crippen molar-refractivity contribution in [2.24, 2.45) is 17.1 Å². The van der Waals surface area contributed by atoms with Gasteiger partial charge in [0.1, 0.15) is 0 Å². The van der Waals surface area contributed by atoms with E-state index in [9.17, 15) is 9.59 Å². The number of nitrogens with two attached hydrogens (primary N) is 1.